The van der Waals surface area contributed by atoms with Gasteiger partial charge in [-0.25, -0.2) is 4.79 Å². The van der Waals surface area contributed by atoms with E-state index in [9.17, 15) is 4.79 Å². The summed E-state index contributed by atoms with van der Waals surface area (Å²) in [6, 6.07) is 7.02. The van der Waals surface area contributed by atoms with Crippen molar-refractivity contribution in [2.75, 3.05) is 11.9 Å². The molecule has 0 aliphatic heterocycles. The van der Waals surface area contributed by atoms with Gasteiger partial charge in [-0.05, 0) is 24.1 Å². The van der Waals surface area contributed by atoms with Gasteiger partial charge in [0.1, 0.15) is 0 Å². The second-order valence-corrected chi connectivity index (χ2v) is 3.47. The van der Waals surface area contributed by atoms with Crippen molar-refractivity contribution in [2.24, 2.45) is 0 Å². The lowest BCUT2D eigenvalue weighted by Crippen LogP contribution is -2.14. The largest absolute Gasteiger partial charge is 0.449 e. The number of aliphatic hydroxyl groups excluding tert-OH is 1. The number of aliphatic hydroxyl groups is 1. The van der Waals surface area contributed by atoms with E-state index < -0.39 is 6.09 Å². The molecule has 2 N–H and O–H groups in total. The molecule has 1 amide bonds. The Balaban J connectivity index is 2.43. The zero-order valence-electron chi connectivity index (χ0n) is 9.40. The van der Waals surface area contributed by atoms with Crippen LogP contribution in [0.4, 0.5) is 10.5 Å². The third-order valence-electron chi connectivity index (χ3n) is 2.09. The van der Waals surface area contributed by atoms with E-state index in [0.29, 0.717) is 12.3 Å². The normalized spacial score (nSPS) is 9.88. The lowest BCUT2D eigenvalue weighted by molar-refractivity contribution is 0.160. The van der Waals surface area contributed by atoms with Gasteiger partial charge in [-0.2, -0.15) is 0 Å². The first kappa shape index (κ1) is 12.5. The van der Waals surface area contributed by atoms with Gasteiger partial charge in [0.15, 0.2) is 0 Å². The lowest BCUT2D eigenvalue weighted by atomic mass is 10.2. The van der Waals surface area contributed by atoms with E-state index in [-0.39, 0.29) is 6.61 Å². The molecule has 0 aromatic heterocycles. The number of anilines is 1. The van der Waals surface area contributed by atoms with Gasteiger partial charge in [-0.3, -0.25) is 5.32 Å². The zero-order chi connectivity index (χ0) is 11.8. The van der Waals surface area contributed by atoms with Gasteiger partial charge in [0, 0.05) is 5.69 Å². The first-order valence-corrected chi connectivity index (χ1v) is 5.40. The molecule has 0 spiro atoms. The molecule has 0 bridgehead atoms. The van der Waals surface area contributed by atoms with Gasteiger partial charge in [-0.15, -0.1) is 0 Å². The Hall–Kier alpha value is -1.55. The molecule has 0 radical (unpaired) electrons. The van der Waals surface area contributed by atoms with Crippen molar-refractivity contribution in [3.05, 3.63) is 29.8 Å². The maximum Gasteiger partial charge on any atom is 0.411 e. The molecule has 88 valence electrons. The predicted octanol–water partition coefficient (Wildman–Crippen LogP) is 2.53. The molecule has 4 nitrogen and oxygen atoms in total. The van der Waals surface area contributed by atoms with E-state index in [1.807, 2.05) is 6.92 Å². The standard InChI is InChI=1S/C12H17NO3/c1-2-3-7-16-12(15)13-11-6-4-5-10(8-11)9-14/h4-6,8,14H,2-3,7,9H2,1H3,(H,13,15). The highest BCUT2D eigenvalue weighted by Gasteiger charge is 2.02. The van der Waals surface area contributed by atoms with Crippen LogP contribution in [0.3, 0.4) is 0 Å². The Morgan fingerprint density at radius 1 is 1.50 bits per heavy atom. The third kappa shape index (κ3) is 4.31. The maximum atomic E-state index is 11.3. The average Bonchev–Trinajstić information content (AvgIpc) is 2.29. The van der Waals surface area contributed by atoms with Crippen LogP contribution < -0.4 is 5.32 Å². The van der Waals surface area contributed by atoms with Gasteiger partial charge in [0.05, 0.1) is 13.2 Å². The van der Waals surface area contributed by atoms with Crippen LogP contribution in [-0.4, -0.2) is 17.8 Å². The fourth-order valence-electron chi connectivity index (χ4n) is 1.21. The van der Waals surface area contributed by atoms with Gasteiger partial charge in [0.25, 0.3) is 0 Å². The summed E-state index contributed by atoms with van der Waals surface area (Å²) in [6.07, 6.45) is 1.40. The number of rotatable bonds is 5. The zero-order valence-corrected chi connectivity index (χ0v) is 9.40. The minimum Gasteiger partial charge on any atom is -0.449 e. The molecule has 0 saturated carbocycles. The molecule has 1 aromatic rings. The number of hydrogen-bond donors (Lipinski definition) is 2. The van der Waals surface area contributed by atoms with Crippen LogP contribution in [0.2, 0.25) is 0 Å². The summed E-state index contributed by atoms with van der Waals surface area (Å²) in [7, 11) is 0. The van der Waals surface area contributed by atoms with Crippen molar-refractivity contribution in [2.45, 2.75) is 26.4 Å². The van der Waals surface area contributed by atoms with Crippen molar-refractivity contribution in [3.8, 4) is 0 Å². The summed E-state index contributed by atoms with van der Waals surface area (Å²) in [5, 5.41) is 11.5. The van der Waals surface area contributed by atoms with E-state index >= 15 is 0 Å². The number of carbonyl (C=O) groups excluding carboxylic acids is 1. The third-order valence-corrected chi connectivity index (χ3v) is 2.09. The Labute approximate surface area is 95.2 Å². The number of unbranched alkanes of at least 4 members (excludes halogenated alkanes) is 1. The number of nitrogens with one attached hydrogen (secondary N) is 1. The van der Waals surface area contributed by atoms with Crippen LogP contribution in [0.25, 0.3) is 0 Å². The summed E-state index contributed by atoms with van der Waals surface area (Å²) in [5.74, 6) is 0. The monoisotopic (exact) mass is 223 g/mol. The first-order chi connectivity index (χ1) is 7.76. The molecule has 0 saturated heterocycles. The van der Waals surface area contributed by atoms with Crippen LogP contribution in [0.15, 0.2) is 24.3 Å². The van der Waals surface area contributed by atoms with Crippen LogP contribution in [0.1, 0.15) is 25.3 Å². The fourth-order valence-corrected chi connectivity index (χ4v) is 1.21. The Morgan fingerprint density at radius 3 is 3.00 bits per heavy atom. The van der Waals surface area contributed by atoms with Crippen molar-refractivity contribution in [1.82, 2.24) is 0 Å². The molecular formula is C12H17NO3. The molecule has 4 heteroatoms. The fraction of sp³-hybridized carbons (Fsp3) is 0.417. The summed E-state index contributed by atoms with van der Waals surface area (Å²) in [5.41, 5.74) is 1.39. The lowest BCUT2D eigenvalue weighted by Gasteiger charge is -2.07. The Kier molecular flexibility index (Phi) is 5.36. The average molecular weight is 223 g/mol. The molecule has 0 atom stereocenters. The molecule has 1 rings (SSSR count). The smallest absolute Gasteiger partial charge is 0.411 e. The van der Waals surface area contributed by atoms with Gasteiger partial charge >= 0.3 is 6.09 Å². The molecule has 16 heavy (non-hydrogen) atoms. The Morgan fingerprint density at radius 2 is 2.31 bits per heavy atom. The van der Waals surface area contributed by atoms with Crippen molar-refractivity contribution >= 4 is 11.8 Å². The van der Waals surface area contributed by atoms with E-state index in [4.69, 9.17) is 9.84 Å². The number of ether oxygens (including phenoxy) is 1. The number of amides is 1. The van der Waals surface area contributed by atoms with Gasteiger partial charge in [0.2, 0.25) is 0 Å². The number of carbonyl (C=O) groups is 1. The quantitative estimate of drug-likeness (QED) is 0.754. The molecule has 1 aromatic carbocycles. The summed E-state index contributed by atoms with van der Waals surface area (Å²) >= 11 is 0. The summed E-state index contributed by atoms with van der Waals surface area (Å²) in [6.45, 7) is 2.43. The topological polar surface area (TPSA) is 58.6 Å². The molecule has 0 aliphatic carbocycles. The number of benzene rings is 1. The number of hydrogen-bond acceptors (Lipinski definition) is 3. The molecule has 0 unspecified atom stereocenters. The van der Waals surface area contributed by atoms with E-state index in [1.165, 1.54) is 0 Å². The maximum absolute atomic E-state index is 11.3. The van der Waals surface area contributed by atoms with Crippen LogP contribution in [-0.2, 0) is 11.3 Å². The second kappa shape index (κ2) is 6.85. The van der Waals surface area contributed by atoms with Crippen molar-refractivity contribution < 1.29 is 14.6 Å². The summed E-state index contributed by atoms with van der Waals surface area (Å²) < 4.78 is 4.95. The predicted molar refractivity (Wildman–Crippen MR) is 62.2 cm³/mol. The molecular weight excluding hydrogens is 206 g/mol. The molecule has 0 fully saturated rings. The van der Waals surface area contributed by atoms with E-state index in [1.54, 1.807) is 24.3 Å². The van der Waals surface area contributed by atoms with Crippen molar-refractivity contribution in [3.63, 3.8) is 0 Å². The highest BCUT2D eigenvalue weighted by Crippen LogP contribution is 2.10. The summed E-state index contributed by atoms with van der Waals surface area (Å²) in [4.78, 5) is 11.3. The highest BCUT2D eigenvalue weighted by molar-refractivity contribution is 5.84. The first-order valence-electron chi connectivity index (χ1n) is 5.40. The van der Waals surface area contributed by atoms with Gasteiger partial charge in [-0.1, -0.05) is 25.5 Å². The van der Waals surface area contributed by atoms with Crippen LogP contribution in [0.5, 0.6) is 0 Å². The molecule has 0 heterocycles. The van der Waals surface area contributed by atoms with Crippen LogP contribution in [0, 0.1) is 0 Å². The minimum absolute atomic E-state index is 0.0413. The Bertz CT molecular complexity index is 339. The van der Waals surface area contributed by atoms with E-state index in [2.05, 4.69) is 5.32 Å². The van der Waals surface area contributed by atoms with Crippen molar-refractivity contribution in [1.29, 1.82) is 0 Å². The minimum atomic E-state index is -0.455. The van der Waals surface area contributed by atoms with Gasteiger partial charge < -0.3 is 9.84 Å². The van der Waals surface area contributed by atoms with Crippen LogP contribution >= 0.6 is 0 Å². The SMILES string of the molecule is CCCCOC(=O)Nc1cccc(CO)c1. The highest BCUT2D eigenvalue weighted by atomic mass is 16.5. The van der Waals surface area contributed by atoms with E-state index in [0.717, 1.165) is 18.4 Å². The molecule has 0 aliphatic rings. The second-order valence-electron chi connectivity index (χ2n) is 3.47.